The molecule has 0 unspecified atom stereocenters. The molecule has 0 radical (unpaired) electrons. The summed E-state index contributed by atoms with van der Waals surface area (Å²) in [6, 6.07) is 0. The van der Waals surface area contributed by atoms with E-state index in [1.165, 1.54) is 0 Å². The molecule has 0 saturated heterocycles. The summed E-state index contributed by atoms with van der Waals surface area (Å²) in [6.45, 7) is 6.39. The standard InChI is InChI=1S/C10H21F2N/c1-4-7-10(8-5-2,9(11)12)13-6-3/h9,13H,4-8H2,1-3H3. The topological polar surface area (TPSA) is 12.0 Å². The number of alkyl halides is 2. The number of hydrogen-bond donors (Lipinski definition) is 1. The van der Waals surface area contributed by atoms with Crippen molar-refractivity contribution >= 4 is 0 Å². The van der Waals surface area contributed by atoms with Crippen LogP contribution in [0, 0.1) is 0 Å². The first-order valence-electron chi connectivity index (χ1n) is 5.16. The molecule has 0 aromatic carbocycles. The van der Waals surface area contributed by atoms with Crippen LogP contribution in [0.25, 0.3) is 0 Å². The summed E-state index contributed by atoms with van der Waals surface area (Å²) in [7, 11) is 0. The minimum atomic E-state index is -2.26. The van der Waals surface area contributed by atoms with E-state index >= 15 is 0 Å². The molecule has 0 fully saturated rings. The smallest absolute Gasteiger partial charge is 0.256 e. The fourth-order valence-corrected chi connectivity index (χ4v) is 1.84. The lowest BCUT2D eigenvalue weighted by Crippen LogP contribution is -2.51. The van der Waals surface area contributed by atoms with Gasteiger partial charge in [0.2, 0.25) is 0 Å². The van der Waals surface area contributed by atoms with Crippen LogP contribution in [-0.2, 0) is 0 Å². The van der Waals surface area contributed by atoms with Gasteiger partial charge in [-0.05, 0) is 19.4 Å². The van der Waals surface area contributed by atoms with Crippen LogP contribution in [0.4, 0.5) is 8.78 Å². The molecular weight excluding hydrogens is 172 g/mol. The Bertz CT molecular complexity index is 109. The van der Waals surface area contributed by atoms with E-state index in [-0.39, 0.29) is 0 Å². The molecule has 0 aliphatic carbocycles. The van der Waals surface area contributed by atoms with E-state index in [1.807, 2.05) is 20.8 Å². The minimum Gasteiger partial charge on any atom is -0.307 e. The minimum absolute atomic E-state index is 0.562. The summed E-state index contributed by atoms with van der Waals surface area (Å²) in [6.07, 6.45) is 0.472. The summed E-state index contributed by atoms with van der Waals surface area (Å²) >= 11 is 0. The van der Waals surface area contributed by atoms with E-state index < -0.39 is 12.0 Å². The summed E-state index contributed by atoms with van der Waals surface area (Å²) < 4.78 is 25.7. The zero-order valence-electron chi connectivity index (χ0n) is 8.87. The van der Waals surface area contributed by atoms with Crippen molar-refractivity contribution in [2.24, 2.45) is 0 Å². The van der Waals surface area contributed by atoms with E-state index in [9.17, 15) is 8.78 Å². The van der Waals surface area contributed by atoms with Crippen LogP contribution in [0.15, 0.2) is 0 Å². The van der Waals surface area contributed by atoms with Gasteiger partial charge in [-0.25, -0.2) is 8.78 Å². The first-order chi connectivity index (χ1) is 6.13. The average molecular weight is 193 g/mol. The number of nitrogens with one attached hydrogen (secondary N) is 1. The van der Waals surface area contributed by atoms with Crippen molar-refractivity contribution < 1.29 is 8.78 Å². The molecule has 13 heavy (non-hydrogen) atoms. The fraction of sp³-hybridized carbons (Fsp3) is 1.00. The first kappa shape index (κ1) is 12.8. The molecule has 0 rings (SSSR count). The van der Waals surface area contributed by atoms with Crippen LogP contribution >= 0.6 is 0 Å². The summed E-state index contributed by atoms with van der Waals surface area (Å²) in [4.78, 5) is 0. The number of halogens is 2. The molecule has 0 bridgehead atoms. The Labute approximate surface area is 79.9 Å². The van der Waals surface area contributed by atoms with Crippen molar-refractivity contribution in [1.82, 2.24) is 5.32 Å². The van der Waals surface area contributed by atoms with Gasteiger partial charge in [0.1, 0.15) is 0 Å². The SMILES string of the molecule is CCCC(CCC)(NCC)C(F)F. The second-order valence-electron chi connectivity index (χ2n) is 3.49. The Hall–Kier alpha value is -0.180. The van der Waals surface area contributed by atoms with Gasteiger partial charge in [0.15, 0.2) is 0 Å². The summed E-state index contributed by atoms with van der Waals surface area (Å²) in [5, 5.41) is 2.95. The lowest BCUT2D eigenvalue weighted by Gasteiger charge is -2.33. The van der Waals surface area contributed by atoms with Crippen LogP contribution in [0.5, 0.6) is 0 Å². The molecular formula is C10H21F2N. The van der Waals surface area contributed by atoms with Gasteiger partial charge < -0.3 is 5.32 Å². The van der Waals surface area contributed by atoms with Crippen LogP contribution < -0.4 is 5.32 Å². The largest absolute Gasteiger partial charge is 0.307 e. The van der Waals surface area contributed by atoms with Crippen molar-refractivity contribution in [3.63, 3.8) is 0 Å². The molecule has 0 atom stereocenters. The Morgan fingerprint density at radius 1 is 1.08 bits per heavy atom. The van der Waals surface area contributed by atoms with Crippen molar-refractivity contribution in [2.75, 3.05) is 6.54 Å². The second-order valence-corrected chi connectivity index (χ2v) is 3.49. The highest BCUT2D eigenvalue weighted by Gasteiger charge is 2.36. The van der Waals surface area contributed by atoms with Gasteiger partial charge in [0.05, 0.1) is 5.54 Å². The van der Waals surface area contributed by atoms with Crippen LogP contribution in [-0.4, -0.2) is 18.5 Å². The quantitative estimate of drug-likeness (QED) is 0.654. The third-order valence-corrected chi connectivity index (χ3v) is 2.34. The number of rotatable bonds is 7. The molecule has 0 saturated carbocycles. The molecule has 1 N–H and O–H groups in total. The van der Waals surface area contributed by atoms with Gasteiger partial charge in [-0.3, -0.25) is 0 Å². The van der Waals surface area contributed by atoms with E-state index in [4.69, 9.17) is 0 Å². The molecule has 0 aromatic rings. The molecule has 0 aromatic heterocycles. The van der Waals surface area contributed by atoms with E-state index in [0.717, 1.165) is 12.8 Å². The lowest BCUT2D eigenvalue weighted by molar-refractivity contribution is 0.0187. The summed E-state index contributed by atoms with van der Waals surface area (Å²) in [5.74, 6) is 0. The molecule has 80 valence electrons. The van der Waals surface area contributed by atoms with Crippen LogP contribution in [0.2, 0.25) is 0 Å². The third-order valence-electron chi connectivity index (χ3n) is 2.34. The Kier molecular flexibility index (Phi) is 6.21. The van der Waals surface area contributed by atoms with Crippen LogP contribution in [0.3, 0.4) is 0 Å². The van der Waals surface area contributed by atoms with Gasteiger partial charge in [0, 0.05) is 0 Å². The van der Waals surface area contributed by atoms with Gasteiger partial charge in [0.25, 0.3) is 6.43 Å². The zero-order chi connectivity index (χ0) is 10.3. The molecule has 0 spiro atoms. The molecule has 0 aliphatic rings. The molecule has 1 nitrogen and oxygen atoms in total. The molecule has 0 heterocycles. The lowest BCUT2D eigenvalue weighted by atomic mass is 9.89. The van der Waals surface area contributed by atoms with E-state index in [1.54, 1.807) is 0 Å². The van der Waals surface area contributed by atoms with Crippen molar-refractivity contribution in [1.29, 1.82) is 0 Å². The highest BCUT2D eigenvalue weighted by molar-refractivity contribution is 4.89. The maximum absolute atomic E-state index is 12.9. The van der Waals surface area contributed by atoms with Gasteiger partial charge in [-0.15, -0.1) is 0 Å². The highest BCUT2D eigenvalue weighted by Crippen LogP contribution is 2.26. The first-order valence-corrected chi connectivity index (χ1v) is 5.16. The van der Waals surface area contributed by atoms with E-state index in [0.29, 0.717) is 19.4 Å². The van der Waals surface area contributed by atoms with Crippen LogP contribution in [0.1, 0.15) is 46.5 Å². The van der Waals surface area contributed by atoms with E-state index in [2.05, 4.69) is 5.32 Å². The maximum Gasteiger partial charge on any atom is 0.256 e. The van der Waals surface area contributed by atoms with Crippen molar-refractivity contribution in [3.05, 3.63) is 0 Å². The Morgan fingerprint density at radius 3 is 1.77 bits per heavy atom. The third kappa shape index (κ3) is 3.59. The van der Waals surface area contributed by atoms with Gasteiger partial charge in [-0.1, -0.05) is 33.6 Å². The van der Waals surface area contributed by atoms with Crippen molar-refractivity contribution in [3.8, 4) is 0 Å². The molecule has 3 heteroatoms. The van der Waals surface area contributed by atoms with Gasteiger partial charge in [-0.2, -0.15) is 0 Å². The Morgan fingerprint density at radius 2 is 1.54 bits per heavy atom. The summed E-state index contributed by atoms with van der Waals surface area (Å²) in [5.41, 5.74) is -0.932. The Balaban J connectivity index is 4.38. The van der Waals surface area contributed by atoms with Gasteiger partial charge >= 0.3 is 0 Å². The predicted octanol–water partition coefficient (Wildman–Crippen LogP) is 3.20. The molecule has 0 amide bonds. The zero-order valence-corrected chi connectivity index (χ0v) is 8.87. The van der Waals surface area contributed by atoms with Crippen molar-refractivity contribution in [2.45, 2.75) is 58.4 Å². The average Bonchev–Trinajstić information content (AvgIpc) is 2.05. The number of hydrogen-bond acceptors (Lipinski definition) is 1. The second kappa shape index (κ2) is 6.30. The normalized spacial score (nSPS) is 12.5. The molecule has 0 aliphatic heterocycles. The maximum atomic E-state index is 12.9. The highest BCUT2D eigenvalue weighted by atomic mass is 19.3. The monoisotopic (exact) mass is 193 g/mol. The predicted molar refractivity (Wildman–Crippen MR) is 52.2 cm³/mol. The fourth-order valence-electron chi connectivity index (χ4n) is 1.84.